The van der Waals surface area contributed by atoms with Crippen LogP contribution in [0, 0.1) is 0 Å². The van der Waals surface area contributed by atoms with E-state index in [-0.39, 0.29) is 17.9 Å². The summed E-state index contributed by atoms with van der Waals surface area (Å²) in [6.45, 7) is 3.70. The molecule has 0 heterocycles. The van der Waals surface area contributed by atoms with E-state index in [0.717, 1.165) is 11.3 Å². The van der Waals surface area contributed by atoms with Gasteiger partial charge in [0, 0.05) is 23.7 Å². The first-order valence-electron chi connectivity index (χ1n) is 8.40. The van der Waals surface area contributed by atoms with Crippen molar-refractivity contribution in [1.82, 2.24) is 5.32 Å². The largest absolute Gasteiger partial charge is 0.497 e. The van der Waals surface area contributed by atoms with Gasteiger partial charge in [-0.25, -0.2) is 0 Å². The van der Waals surface area contributed by atoms with Crippen molar-refractivity contribution < 1.29 is 19.1 Å². The Morgan fingerprint density at radius 3 is 2.08 bits per heavy atom. The van der Waals surface area contributed by atoms with E-state index in [1.165, 1.54) is 14.2 Å². The summed E-state index contributed by atoms with van der Waals surface area (Å²) >= 11 is 0. The number of benzene rings is 2. The van der Waals surface area contributed by atoms with Gasteiger partial charge in [-0.1, -0.05) is 19.1 Å². The molecule has 138 valence electrons. The van der Waals surface area contributed by atoms with Gasteiger partial charge in [-0.2, -0.15) is 0 Å². The zero-order valence-corrected chi connectivity index (χ0v) is 15.5. The van der Waals surface area contributed by atoms with Gasteiger partial charge in [-0.3, -0.25) is 9.59 Å². The Labute approximate surface area is 153 Å². The maximum Gasteiger partial charge on any atom is 0.252 e. The molecule has 0 fully saturated rings. The lowest BCUT2D eigenvalue weighted by Gasteiger charge is -2.16. The predicted octanol–water partition coefficient (Wildman–Crippen LogP) is 3.54. The Morgan fingerprint density at radius 2 is 1.58 bits per heavy atom. The van der Waals surface area contributed by atoms with Crippen LogP contribution in [0.4, 0.5) is 5.69 Å². The van der Waals surface area contributed by atoms with E-state index in [4.69, 9.17) is 9.47 Å². The molecule has 0 bridgehead atoms. The molecule has 2 aromatic rings. The van der Waals surface area contributed by atoms with Crippen LogP contribution >= 0.6 is 0 Å². The van der Waals surface area contributed by atoms with E-state index in [9.17, 15) is 9.59 Å². The zero-order valence-electron chi connectivity index (χ0n) is 15.5. The van der Waals surface area contributed by atoms with Crippen molar-refractivity contribution in [3.63, 3.8) is 0 Å². The third-order valence-electron chi connectivity index (χ3n) is 3.98. The third-order valence-corrected chi connectivity index (χ3v) is 3.98. The van der Waals surface area contributed by atoms with Gasteiger partial charge >= 0.3 is 0 Å². The number of ether oxygens (including phenoxy) is 2. The van der Waals surface area contributed by atoms with Crippen LogP contribution in [0.25, 0.3) is 0 Å². The molecule has 2 amide bonds. The van der Waals surface area contributed by atoms with Crippen molar-refractivity contribution in [3.05, 3.63) is 53.6 Å². The molecule has 0 aliphatic heterocycles. The summed E-state index contributed by atoms with van der Waals surface area (Å²) in [6.07, 6.45) is 0.429. The van der Waals surface area contributed by atoms with Gasteiger partial charge in [0.25, 0.3) is 5.91 Å². The lowest BCUT2D eigenvalue weighted by molar-refractivity contribution is -0.115. The fraction of sp³-hybridized carbons (Fsp3) is 0.300. The van der Waals surface area contributed by atoms with E-state index < -0.39 is 0 Å². The summed E-state index contributed by atoms with van der Waals surface area (Å²) in [5.41, 5.74) is 2.12. The van der Waals surface area contributed by atoms with E-state index in [1.807, 2.05) is 31.2 Å². The highest BCUT2D eigenvalue weighted by Crippen LogP contribution is 2.23. The number of hydrogen-bond donors (Lipinski definition) is 2. The molecule has 0 aliphatic carbocycles. The minimum atomic E-state index is -0.224. The summed E-state index contributed by atoms with van der Waals surface area (Å²) in [7, 11) is 3.08. The van der Waals surface area contributed by atoms with Crippen LogP contribution in [0.1, 0.15) is 42.2 Å². The van der Waals surface area contributed by atoms with Crippen LogP contribution < -0.4 is 20.1 Å². The molecule has 1 unspecified atom stereocenters. The minimum absolute atomic E-state index is 0.0360. The predicted molar refractivity (Wildman–Crippen MR) is 101 cm³/mol. The molecule has 2 aromatic carbocycles. The molecule has 6 heteroatoms. The number of carbonyl (C=O) groups is 2. The third kappa shape index (κ3) is 4.99. The summed E-state index contributed by atoms with van der Waals surface area (Å²) in [5.74, 6) is 0.848. The number of carbonyl (C=O) groups excluding carboxylic acids is 2. The van der Waals surface area contributed by atoms with Gasteiger partial charge in [0.1, 0.15) is 11.5 Å². The lowest BCUT2D eigenvalue weighted by Crippen LogP contribution is -2.26. The Balaban J connectivity index is 2.08. The van der Waals surface area contributed by atoms with Gasteiger partial charge in [0.15, 0.2) is 0 Å². The number of amides is 2. The quantitative estimate of drug-likeness (QED) is 0.795. The molecular weight excluding hydrogens is 332 g/mol. The first kappa shape index (κ1) is 19.3. The van der Waals surface area contributed by atoms with Crippen molar-refractivity contribution in [2.24, 2.45) is 0 Å². The summed E-state index contributed by atoms with van der Waals surface area (Å²) in [5, 5.41) is 5.74. The zero-order chi connectivity index (χ0) is 19.1. The molecule has 1 atom stereocenters. The first-order valence-corrected chi connectivity index (χ1v) is 8.40. The Kier molecular flexibility index (Phi) is 6.60. The molecule has 0 aliphatic rings. The second-order valence-corrected chi connectivity index (χ2v) is 5.82. The summed E-state index contributed by atoms with van der Waals surface area (Å²) < 4.78 is 10.4. The fourth-order valence-corrected chi connectivity index (χ4v) is 2.41. The fourth-order valence-electron chi connectivity index (χ4n) is 2.41. The van der Waals surface area contributed by atoms with Gasteiger partial charge in [-0.15, -0.1) is 0 Å². The van der Waals surface area contributed by atoms with E-state index in [2.05, 4.69) is 10.6 Å². The van der Waals surface area contributed by atoms with Crippen LogP contribution in [0.15, 0.2) is 42.5 Å². The molecule has 0 saturated carbocycles. The van der Waals surface area contributed by atoms with Crippen LogP contribution in [-0.2, 0) is 4.79 Å². The molecule has 0 saturated heterocycles. The van der Waals surface area contributed by atoms with Gasteiger partial charge in [-0.05, 0) is 36.8 Å². The number of methoxy groups -OCH3 is 2. The second kappa shape index (κ2) is 8.89. The average molecular weight is 356 g/mol. The van der Waals surface area contributed by atoms with Gasteiger partial charge in [0.2, 0.25) is 5.91 Å². The molecule has 0 spiro atoms. The topological polar surface area (TPSA) is 76.7 Å². The highest BCUT2D eigenvalue weighted by molar-refractivity contribution is 5.95. The molecule has 0 aromatic heterocycles. The van der Waals surface area contributed by atoms with Crippen LogP contribution in [-0.4, -0.2) is 26.0 Å². The molecule has 0 radical (unpaired) electrons. The lowest BCUT2D eigenvalue weighted by atomic mass is 10.1. The van der Waals surface area contributed by atoms with E-state index >= 15 is 0 Å². The number of anilines is 1. The monoisotopic (exact) mass is 356 g/mol. The van der Waals surface area contributed by atoms with Crippen molar-refractivity contribution in [3.8, 4) is 11.5 Å². The van der Waals surface area contributed by atoms with Crippen LogP contribution in [0.2, 0.25) is 0 Å². The Morgan fingerprint density at radius 1 is 1.00 bits per heavy atom. The Hall–Kier alpha value is -3.02. The van der Waals surface area contributed by atoms with Crippen LogP contribution in [0.3, 0.4) is 0 Å². The van der Waals surface area contributed by atoms with Crippen LogP contribution in [0.5, 0.6) is 11.5 Å². The summed E-state index contributed by atoms with van der Waals surface area (Å²) in [6, 6.07) is 12.2. The minimum Gasteiger partial charge on any atom is -0.497 e. The highest BCUT2D eigenvalue weighted by atomic mass is 16.5. The molecule has 6 nitrogen and oxygen atoms in total. The SMILES string of the molecule is CCC(=O)Nc1ccc(C(C)NC(=O)c2cc(OC)cc(OC)c2)cc1. The van der Waals surface area contributed by atoms with Crippen molar-refractivity contribution >= 4 is 17.5 Å². The maximum atomic E-state index is 12.5. The van der Waals surface area contributed by atoms with Gasteiger partial charge < -0.3 is 20.1 Å². The normalized spacial score (nSPS) is 11.4. The standard InChI is InChI=1S/C20H24N2O4/c1-5-19(23)22-16-8-6-14(7-9-16)13(2)21-20(24)15-10-17(25-3)12-18(11-15)26-4/h6-13H,5H2,1-4H3,(H,21,24)(H,22,23). The number of rotatable bonds is 7. The van der Waals surface area contributed by atoms with E-state index in [0.29, 0.717) is 23.5 Å². The van der Waals surface area contributed by atoms with Crippen molar-refractivity contribution in [2.45, 2.75) is 26.3 Å². The van der Waals surface area contributed by atoms with Gasteiger partial charge in [0.05, 0.1) is 20.3 Å². The van der Waals surface area contributed by atoms with Crippen molar-refractivity contribution in [2.75, 3.05) is 19.5 Å². The highest BCUT2D eigenvalue weighted by Gasteiger charge is 2.14. The molecule has 2 rings (SSSR count). The first-order chi connectivity index (χ1) is 12.5. The Bertz CT molecular complexity index is 750. The smallest absolute Gasteiger partial charge is 0.252 e. The number of nitrogens with one attached hydrogen (secondary N) is 2. The maximum absolute atomic E-state index is 12.5. The van der Waals surface area contributed by atoms with Crippen molar-refractivity contribution in [1.29, 1.82) is 0 Å². The van der Waals surface area contributed by atoms with E-state index in [1.54, 1.807) is 25.1 Å². The summed E-state index contributed by atoms with van der Waals surface area (Å²) in [4.78, 5) is 24.0. The molecule has 2 N–H and O–H groups in total. The molecule has 26 heavy (non-hydrogen) atoms. The molecular formula is C20H24N2O4. The number of hydrogen-bond acceptors (Lipinski definition) is 4. The average Bonchev–Trinajstić information content (AvgIpc) is 2.67. The second-order valence-electron chi connectivity index (χ2n) is 5.82.